The van der Waals surface area contributed by atoms with Crippen LogP contribution in [-0.2, 0) is 0 Å². The van der Waals surface area contributed by atoms with E-state index in [0.29, 0.717) is 62.9 Å². The standard InChI is InChI=1S/C38H32O8/c1-37(2)10-9-24-27(41)17-25(32-13-20-6-8-23(40)16-31(20)44-32)34(36(24)46-37)26-18-38(3,4)45-33-14-21(11-28(42)35(26)33)29-12-19-5-7-22(39)15-30(19)43-29/h5-17,26,39-42H,18H2,1-4H3. The number of phenols is 4. The lowest BCUT2D eigenvalue weighted by Crippen LogP contribution is -2.36. The van der Waals surface area contributed by atoms with Gasteiger partial charge in [-0.3, -0.25) is 0 Å². The number of ether oxygens (including phenoxy) is 2. The highest BCUT2D eigenvalue weighted by molar-refractivity contribution is 5.88. The Morgan fingerprint density at radius 3 is 2.02 bits per heavy atom. The predicted molar refractivity (Wildman–Crippen MR) is 175 cm³/mol. The third kappa shape index (κ3) is 4.52. The van der Waals surface area contributed by atoms with Crippen molar-refractivity contribution in [2.24, 2.45) is 0 Å². The maximum Gasteiger partial charge on any atom is 0.138 e. The molecule has 2 aromatic heterocycles. The lowest BCUT2D eigenvalue weighted by molar-refractivity contribution is 0.0753. The highest BCUT2D eigenvalue weighted by Crippen LogP contribution is 2.56. The first-order chi connectivity index (χ1) is 21.8. The van der Waals surface area contributed by atoms with Crippen molar-refractivity contribution in [2.45, 2.75) is 51.2 Å². The second-order valence-electron chi connectivity index (χ2n) is 13.3. The van der Waals surface area contributed by atoms with Crippen LogP contribution in [0, 0.1) is 0 Å². The number of aromatic hydroxyl groups is 4. The summed E-state index contributed by atoms with van der Waals surface area (Å²) in [7, 11) is 0. The SMILES string of the molecule is CC1(C)C=Cc2c(O)cc(-c3cc4ccc(O)cc4o3)c(C3CC(C)(C)Oc4cc(-c5cc6ccc(O)cc6o5)cc(O)c43)c2O1. The van der Waals surface area contributed by atoms with Crippen LogP contribution in [0.4, 0.5) is 0 Å². The van der Waals surface area contributed by atoms with Gasteiger partial charge in [-0.1, -0.05) is 0 Å². The lowest BCUT2D eigenvalue weighted by atomic mass is 9.76. The first-order valence-corrected chi connectivity index (χ1v) is 15.1. The number of rotatable bonds is 3. The number of hydrogen-bond donors (Lipinski definition) is 4. The van der Waals surface area contributed by atoms with E-state index in [0.717, 1.165) is 16.3 Å². The summed E-state index contributed by atoms with van der Waals surface area (Å²) in [6, 6.07) is 18.8. The van der Waals surface area contributed by atoms with Gasteiger partial charge < -0.3 is 38.7 Å². The van der Waals surface area contributed by atoms with Crippen LogP contribution in [0.3, 0.4) is 0 Å². The van der Waals surface area contributed by atoms with E-state index in [1.807, 2.05) is 58.0 Å². The number of furan rings is 2. The summed E-state index contributed by atoms with van der Waals surface area (Å²) in [4.78, 5) is 0. The summed E-state index contributed by atoms with van der Waals surface area (Å²) in [5, 5.41) is 44.7. The van der Waals surface area contributed by atoms with Gasteiger partial charge in [0.2, 0.25) is 0 Å². The van der Waals surface area contributed by atoms with Gasteiger partial charge in [0.05, 0.1) is 5.56 Å². The molecule has 4 N–H and O–H groups in total. The van der Waals surface area contributed by atoms with Crippen molar-refractivity contribution < 1.29 is 38.7 Å². The molecule has 2 aliphatic heterocycles. The van der Waals surface area contributed by atoms with Crippen LogP contribution < -0.4 is 9.47 Å². The Balaban J connectivity index is 1.37. The van der Waals surface area contributed by atoms with E-state index in [9.17, 15) is 20.4 Å². The number of phenolic OH excluding ortho intramolecular Hbond substituents is 4. The third-order valence-corrected chi connectivity index (χ3v) is 8.81. The fourth-order valence-corrected chi connectivity index (χ4v) is 6.76. The largest absolute Gasteiger partial charge is 0.508 e. The van der Waals surface area contributed by atoms with Crippen molar-refractivity contribution in [1.29, 1.82) is 0 Å². The van der Waals surface area contributed by atoms with Crippen molar-refractivity contribution in [3.8, 4) is 57.1 Å². The van der Waals surface area contributed by atoms with E-state index >= 15 is 0 Å². The molecule has 1 unspecified atom stereocenters. The van der Waals surface area contributed by atoms with Gasteiger partial charge in [0.15, 0.2) is 0 Å². The molecule has 0 saturated heterocycles. The summed E-state index contributed by atoms with van der Waals surface area (Å²) in [5.41, 5.74) is 2.78. The van der Waals surface area contributed by atoms with Gasteiger partial charge in [-0.05, 0) is 101 Å². The van der Waals surface area contributed by atoms with E-state index in [1.54, 1.807) is 48.5 Å². The molecule has 8 nitrogen and oxygen atoms in total. The van der Waals surface area contributed by atoms with E-state index in [2.05, 4.69) is 0 Å². The zero-order valence-electron chi connectivity index (χ0n) is 25.7. The number of hydrogen-bond acceptors (Lipinski definition) is 8. The van der Waals surface area contributed by atoms with Crippen LogP contribution in [0.25, 0.3) is 50.7 Å². The molecule has 0 bridgehead atoms. The summed E-state index contributed by atoms with van der Waals surface area (Å²) >= 11 is 0. The zero-order chi connectivity index (χ0) is 32.1. The van der Waals surface area contributed by atoms with E-state index < -0.39 is 17.1 Å². The van der Waals surface area contributed by atoms with Gasteiger partial charge in [0, 0.05) is 51.1 Å². The molecule has 0 amide bonds. The summed E-state index contributed by atoms with van der Waals surface area (Å²) in [6.45, 7) is 7.89. The number of fused-ring (bicyclic) bond motifs is 4. The summed E-state index contributed by atoms with van der Waals surface area (Å²) in [5.74, 6) is 1.79. The molecule has 2 aliphatic rings. The summed E-state index contributed by atoms with van der Waals surface area (Å²) in [6.07, 6.45) is 4.25. The maximum absolute atomic E-state index is 11.8. The second kappa shape index (κ2) is 9.50. The molecule has 0 fully saturated rings. The van der Waals surface area contributed by atoms with Crippen LogP contribution >= 0.6 is 0 Å². The molecule has 0 spiro atoms. The molecule has 4 heterocycles. The van der Waals surface area contributed by atoms with Crippen LogP contribution in [0.15, 0.2) is 81.6 Å². The first-order valence-electron chi connectivity index (χ1n) is 15.1. The number of benzene rings is 4. The highest BCUT2D eigenvalue weighted by atomic mass is 16.5. The zero-order valence-corrected chi connectivity index (χ0v) is 25.7. The van der Waals surface area contributed by atoms with Crippen LogP contribution in [-0.4, -0.2) is 31.6 Å². The maximum atomic E-state index is 11.8. The fourth-order valence-electron chi connectivity index (χ4n) is 6.76. The van der Waals surface area contributed by atoms with Gasteiger partial charge in [-0.25, -0.2) is 0 Å². The minimum Gasteiger partial charge on any atom is -0.508 e. The molecule has 4 aromatic carbocycles. The molecule has 46 heavy (non-hydrogen) atoms. The van der Waals surface area contributed by atoms with Crippen LogP contribution in [0.2, 0.25) is 0 Å². The smallest absolute Gasteiger partial charge is 0.138 e. The second-order valence-corrected chi connectivity index (χ2v) is 13.3. The molecule has 1 atom stereocenters. The van der Waals surface area contributed by atoms with E-state index in [-0.39, 0.29) is 23.0 Å². The molecule has 0 radical (unpaired) electrons. The van der Waals surface area contributed by atoms with Crippen molar-refractivity contribution in [2.75, 3.05) is 0 Å². The minimum atomic E-state index is -0.669. The molecule has 232 valence electrons. The Morgan fingerprint density at radius 2 is 1.33 bits per heavy atom. The first kappa shape index (κ1) is 28.0. The Hall–Kier alpha value is -5.50. The Kier molecular flexibility index (Phi) is 5.78. The van der Waals surface area contributed by atoms with Gasteiger partial charge >= 0.3 is 0 Å². The van der Waals surface area contributed by atoms with Gasteiger partial charge in [-0.2, -0.15) is 0 Å². The average molecular weight is 617 g/mol. The normalized spacial score (nSPS) is 17.8. The molecular weight excluding hydrogens is 584 g/mol. The van der Waals surface area contributed by atoms with Crippen molar-refractivity contribution in [3.05, 3.63) is 89.5 Å². The summed E-state index contributed by atoms with van der Waals surface area (Å²) < 4.78 is 25.5. The molecule has 0 saturated carbocycles. The average Bonchev–Trinajstić information content (AvgIpc) is 3.59. The molecule has 0 aliphatic carbocycles. The minimum absolute atomic E-state index is 0.0178. The lowest BCUT2D eigenvalue weighted by Gasteiger charge is -2.40. The quantitative estimate of drug-likeness (QED) is 0.155. The monoisotopic (exact) mass is 616 g/mol. The molecule has 8 rings (SSSR count). The van der Waals surface area contributed by atoms with Crippen LogP contribution in [0.5, 0.6) is 34.5 Å². The topological polar surface area (TPSA) is 126 Å². The third-order valence-electron chi connectivity index (χ3n) is 8.81. The van der Waals surface area contributed by atoms with E-state index in [4.69, 9.17) is 18.3 Å². The van der Waals surface area contributed by atoms with Crippen LogP contribution in [0.1, 0.15) is 56.7 Å². The Labute approximate surface area is 264 Å². The van der Waals surface area contributed by atoms with Gasteiger partial charge in [0.25, 0.3) is 0 Å². The van der Waals surface area contributed by atoms with Crippen molar-refractivity contribution in [3.63, 3.8) is 0 Å². The predicted octanol–water partition coefficient (Wildman–Crippen LogP) is 9.21. The van der Waals surface area contributed by atoms with Gasteiger partial charge in [-0.15, -0.1) is 0 Å². The molecular formula is C38H32O8. The van der Waals surface area contributed by atoms with Gasteiger partial charge in [0.1, 0.15) is 68.4 Å². The van der Waals surface area contributed by atoms with Crippen molar-refractivity contribution >= 4 is 28.0 Å². The molecule has 6 aromatic rings. The highest BCUT2D eigenvalue weighted by Gasteiger charge is 2.42. The fraction of sp³-hybridized carbons (Fsp3) is 0.211. The Bertz CT molecular complexity index is 2250. The Morgan fingerprint density at radius 1 is 0.674 bits per heavy atom. The van der Waals surface area contributed by atoms with E-state index in [1.165, 1.54) is 0 Å². The molecule has 8 heteroatoms. The van der Waals surface area contributed by atoms with Crippen molar-refractivity contribution in [1.82, 2.24) is 0 Å².